The van der Waals surface area contributed by atoms with E-state index >= 15 is 0 Å². The van der Waals surface area contributed by atoms with Gasteiger partial charge in [-0.15, -0.1) is 0 Å². The minimum Gasteiger partial charge on any atom is -0.463 e. The number of likely N-dealkylation sites (N-methyl/N-ethyl adjacent to an activating group) is 1. The molecule has 1 amide bonds. The van der Waals surface area contributed by atoms with Crippen molar-refractivity contribution < 1.29 is 14.1 Å². The monoisotopic (exact) mass is 337 g/mol. The van der Waals surface area contributed by atoms with Gasteiger partial charge in [0.1, 0.15) is 6.54 Å². The number of amides is 1. The summed E-state index contributed by atoms with van der Waals surface area (Å²) in [6, 6.07) is 11.2. The maximum atomic E-state index is 12.2. The molecule has 2 aromatic rings. The molecule has 0 fully saturated rings. The van der Waals surface area contributed by atoms with Crippen LogP contribution in [0.1, 0.15) is 12.7 Å². The number of halogens is 1. The number of nitrogens with one attached hydrogen (secondary N) is 2. The molecule has 1 aromatic heterocycles. The van der Waals surface area contributed by atoms with Crippen molar-refractivity contribution >= 4 is 27.5 Å². The molecule has 1 aromatic carbocycles. The van der Waals surface area contributed by atoms with Gasteiger partial charge < -0.3 is 14.6 Å². The predicted molar refractivity (Wildman–Crippen MR) is 81.5 cm³/mol. The van der Waals surface area contributed by atoms with Crippen LogP contribution in [0.4, 0.5) is 5.69 Å². The molecule has 0 aliphatic carbocycles. The first-order valence-corrected chi connectivity index (χ1v) is 7.26. The summed E-state index contributed by atoms with van der Waals surface area (Å²) in [5, 5.41) is 2.92. The van der Waals surface area contributed by atoms with E-state index in [0.29, 0.717) is 6.54 Å². The van der Waals surface area contributed by atoms with Crippen LogP contribution in [0.2, 0.25) is 0 Å². The SMILES string of the molecule is C[C@H](C(=O)Nc1ccc(Br)cc1)[NH+](C)Cc1ccco1. The lowest BCUT2D eigenvalue weighted by Crippen LogP contribution is -3.12. The average molecular weight is 338 g/mol. The highest BCUT2D eigenvalue weighted by molar-refractivity contribution is 9.10. The Balaban J connectivity index is 1.92. The second-order valence-corrected chi connectivity index (χ2v) is 5.74. The Morgan fingerprint density at radius 3 is 2.65 bits per heavy atom. The molecule has 2 rings (SSSR count). The molecule has 20 heavy (non-hydrogen) atoms. The number of benzene rings is 1. The van der Waals surface area contributed by atoms with E-state index in [-0.39, 0.29) is 11.9 Å². The smallest absolute Gasteiger partial charge is 0.282 e. The van der Waals surface area contributed by atoms with E-state index in [0.717, 1.165) is 20.8 Å². The molecule has 2 atom stereocenters. The minimum atomic E-state index is -0.163. The minimum absolute atomic E-state index is 0.00335. The fraction of sp³-hybridized carbons (Fsp3) is 0.267. The van der Waals surface area contributed by atoms with Crippen molar-refractivity contribution in [3.05, 3.63) is 52.9 Å². The summed E-state index contributed by atoms with van der Waals surface area (Å²) in [6.45, 7) is 2.59. The zero-order valence-electron chi connectivity index (χ0n) is 11.5. The molecule has 1 heterocycles. The number of carbonyl (C=O) groups is 1. The predicted octanol–water partition coefficient (Wildman–Crippen LogP) is 2.08. The second kappa shape index (κ2) is 6.72. The highest BCUT2D eigenvalue weighted by Crippen LogP contribution is 2.14. The van der Waals surface area contributed by atoms with E-state index in [1.807, 2.05) is 50.4 Å². The number of hydrogen-bond acceptors (Lipinski definition) is 2. The van der Waals surface area contributed by atoms with Crippen LogP contribution < -0.4 is 10.2 Å². The molecule has 5 heteroatoms. The van der Waals surface area contributed by atoms with Gasteiger partial charge in [-0.2, -0.15) is 0 Å². The molecular formula is C15H18BrN2O2+. The van der Waals surface area contributed by atoms with E-state index in [9.17, 15) is 4.79 Å². The summed E-state index contributed by atoms with van der Waals surface area (Å²) in [7, 11) is 1.98. The summed E-state index contributed by atoms with van der Waals surface area (Å²) in [5.41, 5.74) is 0.802. The van der Waals surface area contributed by atoms with Crippen molar-refractivity contribution in [2.45, 2.75) is 19.5 Å². The van der Waals surface area contributed by atoms with Gasteiger partial charge in [-0.05, 0) is 43.3 Å². The van der Waals surface area contributed by atoms with Gasteiger partial charge in [0.15, 0.2) is 11.8 Å². The van der Waals surface area contributed by atoms with Crippen LogP contribution in [0, 0.1) is 0 Å². The van der Waals surface area contributed by atoms with E-state index < -0.39 is 0 Å². The lowest BCUT2D eigenvalue weighted by atomic mass is 10.2. The summed E-state index contributed by atoms with van der Waals surface area (Å²) >= 11 is 3.37. The van der Waals surface area contributed by atoms with Gasteiger partial charge in [0.2, 0.25) is 0 Å². The van der Waals surface area contributed by atoms with Gasteiger partial charge in [-0.25, -0.2) is 0 Å². The highest BCUT2D eigenvalue weighted by Gasteiger charge is 2.22. The molecule has 0 saturated heterocycles. The third-order valence-corrected chi connectivity index (χ3v) is 3.81. The van der Waals surface area contributed by atoms with Crippen LogP contribution in [-0.4, -0.2) is 19.0 Å². The first-order valence-electron chi connectivity index (χ1n) is 6.47. The molecule has 0 saturated carbocycles. The van der Waals surface area contributed by atoms with E-state index in [1.54, 1.807) is 6.26 Å². The van der Waals surface area contributed by atoms with Crippen LogP contribution >= 0.6 is 15.9 Å². The number of rotatable bonds is 5. The third kappa shape index (κ3) is 3.95. The van der Waals surface area contributed by atoms with Crippen molar-refractivity contribution in [3.8, 4) is 0 Å². The van der Waals surface area contributed by atoms with Crippen molar-refractivity contribution in [1.29, 1.82) is 0 Å². The van der Waals surface area contributed by atoms with Gasteiger partial charge in [0, 0.05) is 10.2 Å². The fourth-order valence-electron chi connectivity index (χ4n) is 1.85. The van der Waals surface area contributed by atoms with Crippen LogP contribution in [0.5, 0.6) is 0 Å². The Labute approximate surface area is 126 Å². The Hall–Kier alpha value is -1.59. The van der Waals surface area contributed by atoms with Crippen molar-refractivity contribution in [2.75, 3.05) is 12.4 Å². The number of carbonyl (C=O) groups excluding carboxylic acids is 1. The molecule has 0 aliphatic rings. The van der Waals surface area contributed by atoms with Crippen LogP contribution in [0.15, 0.2) is 51.6 Å². The Kier molecular flexibility index (Phi) is 4.98. The molecule has 0 aliphatic heterocycles. The van der Waals surface area contributed by atoms with Gasteiger partial charge in [0.25, 0.3) is 5.91 Å². The number of quaternary nitrogens is 1. The standard InChI is InChI=1S/C15H17BrN2O2/c1-11(18(2)10-14-4-3-9-20-14)15(19)17-13-7-5-12(16)6-8-13/h3-9,11H,10H2,1-2H3,(H,17,19)/p+1/t11-/m1/s1. The molecular weight excluding hydrogens is 320 g/mol. The van der Waals surface area contributed by atoms with Gasteiger partial charge in [0.05, 0.1) is 13.3 Å². The number of hydrogen-bond donors (Lipinski definition) is 2. The van der Waals surface area contributed by atoms with Crippen LogP contribution in [-0.2, 0) is 11.3 Å². The van der Waals surface area contributed by atoms with Crippen molar-refractivity contribution in [2.24, 2.45) is 0 Å². The molecule has 106 valence electrons. The molecule has 1 unspecified atom stereocenters. The van der Waals surface area contributed by atoms with Gasteiger partial charge in [-0.3, -0.25) is 4.79 Å². The Bertz CT molecular complexity index is 552. The van der Waals surface area contributed by atoms with Gasteiger partial charge in [-0.1, -0.05) is 15.9 Å². The lowest BCUT2D eigenvalue weighted by Gasteiger charge is -2.20. The second-order valence-electron chi connectivity index (χ2n) is 4.82. The number of furan rings is 1. The maximum absolute atomic E-state index is 12.2. The average Bonchev–Trinajstić information content (AvgIpc) is 2.93. The first-order chi connectivity index (χ1) is 9.56. The van der Waals surface area contributed by atoms with Crippen molar-refractivity contribution in [3.63, 3.8) is 0 Å². The Morgan fingerprint density at radius 2 is 2.05 bits per heavy atom. The van der Waals surface area contributed by atoms with E-state index in [1.165, 1.54) is 0 Å². The molecule has 0 radical (unpaired) electrons. The van der Waals surface area contributed by atoms with Crippen LogP contribution in [0.25, 0.3) is 0 Å². The third-order valence-electron chi connectivity index (χ3n) is 3.28. The highest BCUT2D eigenvalue weighted by atomic mass is 79.9. The molecule has 2 N–H and O–H groups in total. The van der Waals surface area contributed by atoms with Crippen LogP contribution in [0.3, 0.4) is 0 Å². The lowest BCUT2D eigenvalue weighted by molar-refractivity contribution is -0.908. The summed E-state index contributed by atoms with van der Waals surface area (Å²) < 4.78 is 6.30. The zero-order chi connectivity index (χ0) is 14.5. The topological polar surface area (TPSA) is 46.7 Å². The largest absolute Gasteiger partial charge is 0.463 e. The number of anilines is 1. The van der Waals surface area contributed by atoms with Gasteiger partial charge >= 0.3 is 0 Å². The van der Waals surface area contributed by atoms with E-state index in [2.05, 4.69) is 21.2 Å². The summed E-state index contributed by atoms with van der Waals surface area (Å²) in [5.74, 6) is 0.877. The fourth-order valence-corrected chi connectivity index (χ4v) is 2.11. The van der Waals surface area contributed by atoms with Crippen molar-refractivity contribution in [1.82, 2.24) is 0 Å². The van der Waals surface area contributed by atoms with E-state index in [4.69, 9.17) is 4.42 Å². The molecule has 0 bridgehead atoms. The molecule has 4 nitrogen and oxygen atoms in total. The maximum Gasteiger partial charge on any atom is 0.282 e. The Morgan fingerprint density at radius 1 is 1.35 bits per heavy atom. The first kappa shape index (κ1) is 14.8. The summed E-state index contributed by atoms with van der Waals surface area (Å²) in [6.07, 6.45) is 1.65. The quantitative estimate of drug-likeness (QED) is 0.877. The summed E-state index contributed by atoms with van der Waals surface area (Å²) in [4.78, 5) is 13.3. The zero-order valence-corrected chi connectivity index (χ0v) is 13.1. The normalized spacial score (nSPS) is 13.8. The molecule has 0 spiro atoms.